The van der Waals surface area contributed by atoms with Crippen LogP contribution in [0.1, 0.15) is 114 Å². The number of hydrogen-bond acceptors (Lipinski definition) is 5. The summed E-state index contributed by atoms with van der Waals surface area (Å²) in [4.78, 5) is 14.0. The summed E-state index contributed by atoms with van der Waals surface area (Å²) in [5.74, 6) is 2.59. The summed E-state index contributed by atoms with van der Waals surface area (Å²) in [6.07, 6.45) is 5.73. The molecule has 0 unspecified atom stereocenters. The van der Waals surface area contributed by atoms with E-state index in [0.29, 0.717) is 11.5 Å². The molecule has 64 heavy (non-hydrogen) atoms. The summed E-state index contributed by atoms with van der Waals surface area (Å²) in [6.45, 7) is 29.5. The summed E-state index contributed by atoms with van der Waals surface area (Å²) in [6, 6.07) is 41.9. The second-order valence-electron chi connectivity index (χ2n) is 19.9. The Balaban J connectivity index is 0.00000560. The zero-order valence-corrected chi connectivity index (χ0v) is 41.4. The molecule has 1 aliphatic heterocycles. The van der Waals surface area contributed by atoms with Crippen molar-refractivity contribution in [3.05, 3.63) is 168 Å². The van der Waals surface area contributed by atoms with E-state index in [1.54, 1.807) is 0 Å². The average molecular weight is 1020 g/mol. The molecule has 330 valence electrons. The van der Waals surface area contributed by atoms with Crippen LogP contribution in [0.15, 0.2) is 116 Å². The smallest absolute Gasteiger partial charge is 0.135 e. The summed E-state index contributed by atoms with van der Waals surface area (Å²) in [5.41, 5.74) is 16.6. The maximum Gasteiger partial charge on any atom is 0.135 e. The van der Waals surface area contributed by atoms with Crippen LogP contribution in [-0.4, -0.2) is 14.5 Å². The van der Waals surface area contributed by atoms with Crippen molar-refractivity contribution in [1.29, 1.82) is 0 Å². The Morgan fingerprint density at radius 2 is 1.31 bits per heavy atom. The van der Waals surface area contributed by atoms with Crippen LogP contribution in [0.2, 0.25) is 0 Å². The van der Waals surface area contributed by atoms with E-state index in [0.717, 1.165) is 44.7 Å². The molecule has 0 saturated heterocycles. The van der Waals surface area contributed by atoms with Crippen LogP contribution in [0.25, 0.3) is 38.8 Å². The molecule has 0 saturated carbocycles. The minimum Gasteiger partial charge on any atom is -0.509 e. The number of aromatic nitrogens is 3. The van der Waals surface area contributed by atoms with Crippen LogP contribution in [0.4, 0.5) is 22.7 Å². The Morgan fingerprint density at radius 1 is 0.641 bits per heavy atom. The largest absolute Gasteiger partial charge is 0.509 e. The van der Waals surface area contributed by atoms with Gasteiger partial charge in [-0.05, 0) is 123 Å². The zero-order chi connectivity index (χ0) is 44.5. The fourth-order valence-electron chi connectivity index (χ4n) is 9.15. The number of aryl methyl sites for hydroxylation is 2. The number of benzene rings is 5. The van der Waals surface area contributed by atoms with Gasteiger partial charge < -0.3 is 19.1 Å². The molecule has 3 aromatic heterocycles. The molecule has 8 aromatic rings. The Morgan fingerprint density at radius 3 is 1.98 bits per heavy atom. The molecular formula is C57H58N5OPt-3. The average Bonchev–Trinajstić information content (AvgIpc) is 3.78. The third kappa shape index (κ3) is 8.15. The molecule has 0 atom stereocenters. The van der Waals surface area contributed by atoms with Crippen molar-refractivity contribution >= 4 is 44.6 Å². The van der Waals surface area contributed by atoms with Gasteiger partial charge in [-0.2, -0.15) is 12.1 Å². The predicted octanol–water partition coefficient (Wildman–Crippen LogP) is 15.5. The van der Waals surface area contributed by atoms with E-state index in [9.17, 15) is 0 Å². The molecule has 0 amide bonds. The van der Waals surface area contributed by atoms with Gasteiger partial charge in [-0.15, -0.1) is 48.1 Å². The van der Waals surface area contributed by atoms with E-state index in [2.05, 4.69) is 200 Å². The molecule has 0 bridgehead atoms. The van der Waals surface area contributed by atoms with Crippen molar-refractivity contribution in [1.82, 2.24) is 14.5 Å². The van der Waals surface area contributed by atoms with Gasteiger partial charge in [0, 0.05) is 68.0 Å². The van der Waals surface area contributed by atoms with Crippen molar-refractivity contribution in [2.45, 2.75) is 106 Å². The quantitative estimate of drug-likeness (QED) is 0.142. The number of anilines is 4. The molecule has 0 spiro atoms. The molecule has 7 heteroatoms. The Kier molecular flexibility index (Phi) is 11.9. The summed E-state index contributed by atoms with van der Waals surface area (Å²) in [5, 5.41) is 2.23. The number of pyridine rings is 2. The molecule has 0 radical (unpaired) electrons. The number of para-hydroxylation sites is 1. The molecule has 0 N–H and O–H groups in total. The number of ether oxygens (including phenoxy) is 1. The van der Waals surface area contributed by atoms with Gasteiger partial charge in [0.25, 0.3) is 0 Å². The summed E-state index contributed by atoms with van der Waals surface area (Å²) in [7, 11) is 0. The van der Waals surface area contributed by atoms with E-state index >= 15 is 0 Å². The number of nitrogens with zero attached hydrogens (tertiary/aromatic N) is 5. The number of hydrogen-bond donors (Lipinski definition) is 0. The minimum absolute atomic E-state index is 0. The van der Waals surface area contributed by atoms with Crippen molar-refractivity contribution in [3.63, 3.8) is 0 Å². The molecule has 1 aliphatic rings. The van der Waals surface area contributed by atoms with E-state index in [-0.39, 0.29) is 43.7 Å². The van der Waals surface area contributed by atoms with Gasteiger partial charge in [-0.25, -0.2) is 4.98 Å². The zero-order valence-electron chi connectivity index (χ0n) is 39.2. The van der Waals surface area contributed by atoms with Crippen molar-refractivity contribution < 1.29 is 25.8 Å². The minimum atomic E-state index is -0.0223. The van der Waals surface area contributed by atoms with Gasteiger partial charge in [0.15, 0.2) is 0 Å². The molecular weight excluding hydrogens is 966 g/mol. The number of rotatable bonds is 8. The van der Waals surface area contributed by atoms with Gasteiger partial charge in [0.1, 0.15) is 5.82 Å². The second-order valence-corrected chi connectivity index (χ2v) is 19.9. The fourth-order valence-corrected chi connectivity index (χ4v) is 9.15. The Bertz CT molecular complexity index is 2990. The maximum absolute atomic E-state index is 6.64. The van der Waals surface area contributed by atoms with Crippen molar-refractivity contribution in [3.8, 4) is 28.4 Å². The predicted molar refractivity (Wildman–Crippen MR) is 263 cm³/mol. The normalized spacial score (nSPS) is 13.0. The summed E-state index contributed by atoms with van der Waals surface area (Å²) >= 11 is 0. The second kappa shape index (κ2) is 17.0. The summed E-state index contributed by atoms with van der Waals surface area (Å²) < 4.78 is 8.83. The van der Waals surface area contributed by atoms with Crippen molar-refractivity contribution in [2.75, 3.05) is 9.80 Å². The Labute approximate surface area is 394 Å². The van der Waals surface area contributed by atoms with Crippen LogP contribution >= 0.6 is 0 Å². The van der Waals surface area contributed by atoms with Crippen LogP contribution in [0.3, 0.4) is 0 Å². The molecule has 9 rings (SSSR count). The van der Waals surface area contributed by atoms with Gasteiger partial charge in [0.2, 0.25) is 0 Å². The third-order valence-electron chi connectivity index (χ3n) is 12.5. The fraction of sp³-hybridized carbons (Fsp3) is 0.281. The van der Waals surface area contributed by atoms with Crippen LogP contribution in [0.5, 0.6) is 11.5 Å². The van der Waals surface area contributed by atoms with Crippen molar-refractivity contribution in [2.24, 2.45) is 0 Å². The number of fused-ring (bicyclic) bond motifs is 4. The topological polar surface area (TPSA) is 46.4 Å². The first-order valence-corrected chi connectivity index (χ1v) is 22.3. The van der Waals surface area contributed by atoms with Crippen LogP contribution < -0.4 is 14.5 Å². The van der Waals surface area contributed by atoms with E-state index in [4.69, 9.17) is 9.72 Å². The molecule has 4 heterocycles. The van der Waals surface area contributed by atoms with Crippen LogP contribution in [0, 0.1) is 32.6 Å². The van der Waals surface area contributed by atoms with E-state index in [1.807, 2.05) is 36.8 Å². The van der Waals surface area contributed by atoms with Gasteiger partial charge in [-0.3, -0.25) is 4.98 Å². The first-order chi connectivity index (χ1) is 30.0. The maximum atomic E-state index is 6.64. The molecule has 6 nitrogen and oxygen atoms in total. The first kappa shape index (κ1) is 44.9. The van der Waals surface area contributed by atoms with Crippen LogP contribution in [-0.2, 0) is 31.9 Å². The molecule has 0 aliphatic carbocycles. The van der Waals surface area contributed by atoms with E-state index < -0.39 is 0 Å². The van der Waals surface area contributed by atoms with E-state index in [1.165, 1.54) is 50.2 Å². The first-order valence-electron chi connectivity index (χ1n) is 22.3. The van der Waals surface area contributed by atoms with Gasteiger partial charge in [-0.1, -0.05) is 105 Å². The molecule has 5 aromatic carbocycles. The SMILES string of the molecule is Cc1cc(C(C)(C)C)cc(C)c1-c1cc(C(C)C)c(N2[CH-]N(c3[c-]c(Oc4[c-]c5c(cc4)c4ccccc4n5-c4cc(C(C)(C)C)ccn4)ccc3)c3cnccc32)c(C(C)C)c1.[Pt]. The third-order valence-corrected chi connectivity index (χ3v) is 12.5. The van der Waals surface area contributed by atoms with Gasteiger partial charge in [0.05, 0.1) is 5.69 Å². The monoisotopic (exact) mass is 1020 g/mol. The molecule has 0 fully saturated rings. The standard InChI is InChI=1S/C57H58N5O.Pt/c1-35(2)47-28-39(54-37(5)26-41(27-38(54)6)57(10,11)12)29-48(36(3)4)55(47)61-34-60(52-33-58-24-23-50(52)61)42-16-15-17-43(31-42)63-44-20-21-46-45-18-13-14-19-49(45)62(51(46)32-44)53-30-40(22-25-59-53)56(7,8)9;/h13-30,33-36H,1-12H3;/q-3;. The van der Waals surface area contributed by atoms with Gasteiger partial charge >= 0.3 is 0 Å². The Hall–Kier alpha value is -5.71.